The first-order valence-electron chi connectivity index (χ1n) is 12.3. The van der Waals surface area contributed by atoms with Gasteiger partial charge in [-0.1, -0.05) is 0 Å². The van der Waals surface area contributed by atoms with Gasteiger partial charge in [-0.3, -0.25) is 14.8 Å². The van der Waals surface area contributed by atoms with Crippen LogP contribution in [0.2, 0.25) is 0 Å². The SMILES string of the molecule is CCNC(=O)c1cc(/C(N)=C/N(N)c2ccc(C(=O)O)c(C)c2)nc(/C(N)=C/N(N)c2ccc(C(=O)O)c(C)c2)c1. The van der Waals surface area contributed by atoms with Gasteiger partial charge >= 0.3 is 11.9 Å². The van der Waals surface area contributed by atoms with Crippen molar-refractivity contribution in [2.75, 3.05) is 16.6 Å². The highest BCUT2D eigenvalue weighted by Gasteiger charge is 2.15. The van der Waals surface area contributed by atoms with Gasteiger partial charge in [0.15, 0.2) is 0 Å². The molecule has 3 rings (SSSR count). The largest absolute Gasteiger partial charge is 0.478 e. The summed E-state index contributed by atoms with van der Waals surface area (Å²) in [5.41, 5.74) is 15.7. The lowest BCUT2D eigenvalue weighted by atomic mass is 10.1. The molecule has 0 aliphatic rings. The van der Waals surface area contributed by atoms with E-state index in [1.807, 2.05) is 0 Å². The van der Waals surface area contributed by atoms with Gasteiger partial charge in [-0.15, -0.1) is 0 Å². The maximum absolute atomic E-state index is 12.7. The summed E-state index contributed by atoms with van der Waals surface area (Å²) in [4.78, 5) is 39.8. The van der Waals surface area contributed by atoms with E-state index in [9.17, 15) is 24.6 Å². The number of nitrogens with one attached hydrogen (secondary N) is 1. The molecule has 13 heteroatoms. The lowest BCUT2D eigenvalue weighted by Gasteiger charge is -2.18. The molecule has 0 unspecified atom stereocenters. The molecule has 214 valence electrons. The lowest BCUT2D eigenvalue weighted by Crippen LogP contribution is -2.27. The number of rotatable bonds is 10. The Morgan fingerprint density at radius 1 is 0.805 bits per heavy atom. The van der Waals surface area contributed by atoms with Gasteiger partial charge in [0.25, 0.3) is 5.91 Å². The number of aryl methyl sites for hydroxylation is 2. The number of hydrazine groups is 2. The number of carboxylic acids is 2. The van der Waals surface area contributed by atoms with E-state index in [-0.39, 0.29) is 45.4 Å². The molecule has 41 heavy (non-hydrogen) atoms. The number of nitrogens with two attached hydrogens (primary N) is 4. The van der Waals surface area contributed by atoms with Crippen molar-refractivity contribution in [1.29, 1.82) is 0 Å². The topological polar surface area (TPSA) is 227 Å². The number of carbonyl (C=O) groups excluding carboxylic acids is 1. The summed E-state index contributed by atoms with van der Waals surface area (Å²) >= 11 is 0. The molecule has 13 nitrogen and oxygen atoms in total. The van der Waals surface area contributed by atoms with Gasteiger partial charge in [0.2, 0.25) is 0 Å². The summed E-state index contributed by atoms with van der Waals surface area (Å²) in [5, 5.41) is 23.7. The molecule has 11 N–H and O–H groups in total. The molecule has 0 aliphatic carbocycles. The molecule has 1 aromatic heterocycles. The van der Waals surface area contributed by atoms with Crippen molar-refractivity contribution in [2.24, 2.45) is 23.2 Å². The second kappa shape index (κ2) is 12.6. The Hall–Kier alpha value is -5.40. The predicted molar refractivity (Wildman–Crippen MR) is 156 cm³/mol. The Bertz CT molecular complexity index is 1460. The number of anilines is 2. The molecule has 0 aliphatic heterocycles. The third-order valence-corrected chi connectivity index (χ3v) is 6.05. The third kappa shape index (κ3) is 7.17. The fourth-order valence-corrected chi connectivity index (χ4v) is 3.90. The number of hydrogen-bond donors (Lipinski definition) is 7. The smallest absolute Gasteiger partial charge is 0.335 e. The van der Waals surface area contributed by atoms with Crippen LogP contribution in [0.15, 0.2) is 60.9 Å². The summed E-state index contributed by atoms with van der Waals surface area (Å²) in [6.07, 6.45) is 2.76. The molecule has 1 amide bonds. The quantitative estimate of drug-likeness (QED) is 0.140. The third-order valence-electron chi connectivity index (χ3n) is 6.05. The summed E-state index contributed by atoms with van der Waals surface area (Å²) in [7, 11) is 0. The van der Waals surface area contributed by atoms with E-state index in [1.165, 1.54) is 58.8 Å². The average Bonchev–Trinajstić information content (AvgIpc) is 2.92. The summed E-state index contributed by atoms with van der Waals surface area (Å²) in [5.74, 6) is 9.85. The van der Waals surface area contributed by atoms with Crippen LogP contribution in [0, 0.1) is 13.8 Å². The number of amides is 1. The highest BCUT2D eigenvalue weighted by molar-refractivity contribution is 5.95. The number of carboxylic acid groups (broad SMARTS) is 2. The minimum Gasteiger partial charge on any atom is -0.478 e. The van der Waals surface area contributed by atoms with Crippen LogP contribution in [-0.2, 0) is 0 Å². The number of aromatic nitrogens is 1. The monoisotopic (exact) mass is 560 g/mol. The standard InChI is InChI=1S/C28H32N8O5/c1-4-33-26(37)17-11-24(22(29)13-35(31)18-5-7-20(27(38)39)15(2)9-18)34-25(12-17)23(30)14-36(32)19-6-8-21(28(40)41)16(3)10-19/h5-14H,4,29-32H2,1-3H3,(H,33,37)(H,38,39)(H,40,41)/b22-13-,23-14-. The van der Waals surface area contributed by atoms with E-state index >= 15 is 0 Å². The first kappa shape index (κ1) is 30.1. The molecular formula is C28H32N8O5. The van der Waals surface area contributed by atoms with Crippen LogP contribution < -0.4 is 38.5 Å². The van der Waals surface area contributed by atoms with E-state index < -0.39 is 11.9 Å². The fraction of sp³-hybridized carbons (Fsp3) is 0.143. The van der Waals surface area contributed by atoms with Gasteiger partial charge in [-0.05, 0) is 80.4 Å². The van der Waals surface area contributed by atoms with Gasteiger partial charge < -0.3 is 27.0 Å². The van der Waals surface area contributed by atoms with Crippen molar-refractivity contribution in [1.82, 2.24) is 10.3 Å². The molecular weight excluding hydrogens is 528 g/mol. The second-order valence-corrected chi connectivity index (χ2v) is 9.08. The summed E-state index contributed by atoms with van der Waals surface area (Å²) in [6.45, 7) is 5.45. The Balaban J connectivity index is 2.00. The zero-order valence-corrected chi connectivity index (χ0v) is 22.8. The number of pyridine rings is 1. The van der Waals surface area contributed by atoms with Crippen molar-refractivity contribution in [2.45, 2.75) is 20.8 Å². The van der Waals surface area contributed by atoms with Crippen molar-refractivity contribution in [3.8, 4) is 0 Å². The number of aromatic carboxylic acids is 2. The molecule has 0 atom stereocenters. The maximum atomic E-state index is 12.7. The van der Waals surface area contributed by atoms with E-state index in [4.69, 9.17) is 23.2 Å². The zero-order valence-electron chi connectivity index (χ0n) is 22.8. The first-order chi connectivity index (χ1) is 19.3. The first-order valence-corrected chi connectivity index (χ1v) is 12.3. The van der Waals surface area contributed by atoms with Crippen LogP contribution in [-0.4, -0.2) is 39.6 Å². The van der Waals surface area contributed by atoms with Crippen LogP contribution >= 0.6 is 0 Å². The normalized spacial score (nSPS) is 11.6. The number of benzene rings is 2. The van der Waals surface area contributed by atoms with Gasteiger partial charge in [-0.2, -0.15) is 0 Å². The van der Waals surface area contributed by atoms with Crippen molar-refractivity contribution in [3.05, 3.63) is 100 Å². The summed E-state index contributed by atoms with van der Waals surface area (Å²) < 4.78 is 0. The van der Waals surface area contributed by atoms with Crippen molar-refractivity contribution >= 4 is 40.6 Å². The number of nitrogens with zero attached hydrogens (tertiary/aromatic N) is 3. The van der Waals surface area contributed by atoms with Crippen LogP contribution in [0.3, 0.4) is 0 Å². The zero-order chi connectivity index (χ0) is 30.4. The van der Waals surface area contributed by atoms with Crippen molar-refractivity contribution in [3.63, 3.8) is 0 Å². The van der Waals surface area contributed by atoms with Crippen molar-refractivity contribution < 1.29 is 24.6 Å². The van der Waals surface area contributed by atoms with E-state index in [0.717, 1.165) is 0 Å². The molecule has 3 aromatic rings. The molecule has 0 bridgehead atoms. The minimum absolute atomic E-state index is 0.0946. The molecule has 0 spiro atoms. The lowest BCUT2D eigenvalue weighted by molar-refractivity contribution is 0.0685. The van der Waals surface area contributed by atoms with E-state index in [1.54, 1.807) is 32.9 Å². The van der Waals surface area contributed by atoms with Gasteiger partial charge in [0.05, 0.1) is 45.3 Å². The highest BCUT2D eigenvalue weighted by atomic mass is 16.4. The second-order valence-electron chi connectivity index (χ2n) is 9.08. The molecule has 2 aromatic carbocycles. The molecule has 1 heterocycles. The van der Waals surface area contributed by atoms with Crippen LogP contribution in [0.4, 0.5) is 11.4 Å². The van der Waals surface area contributed by atoms with Gasteiger partial charge in [0, 0.05) is 24.5 Å². The average molecular weight is 561 g/mol. The Labute approximate surface area is 236 Å². The molecule has 0 radical (unpaired) electrons. The number of hydrogen-bond acceptors (Lipinski definition) is 10. The minimum atomic E-state index is -1.05. The van der Waals surface area contributed by atoms with Gasteiger partial charge in [-0.25, -0.2) is 26.3 Å². The Morgan fingerprint density at radius 3 is 1.56 bits per heavy atom. The summed E-state index contributed by atoms with van der Waals surface area (Å²) in [6, 6.07) is 12.1. The Kier molecular flexibility index (Phi) is 9.29. The van der Waals surface area contributed by atoms with Crippen LogP contribution in [0.1, 0.15) is 60.5 Å². The highest BCUT2D eigenvalue weighted by Crippen LogP contribution is 2.22. The molecule has 0 fully saturated rings. The van der Waals surface area contributed by atoms with E-state index in [2.05, 4.69) is 10.3 Å². The van der Waals surface area contributed by atoms with Crippen LogP contribution in [0.25, 0.3) is 11.4 Å². The molecule has 0 saturated carbocycles. The maximum Gasteiger partial charge on any atom is 0.335 e. The fourth-order valence-electron chi connectivity index (χ4n) is 3.90. The van der Waals surface area contributed by atoms with E-state index in [0.29, 0.717) is 29.0 Å². The Morgan fingerprint density at radius 2 is 1.22 bits per heavy atom. The molecule has 0 saturated heterocycles. The number of carbonyl (C=O) groups is 3. The van der Waals surface area contributed by atoms with Crippen LogP contribution in [0.5, 0.6) is 0 Å². The van der Waals surface area contributed by atoms with Gasteiger partial charge in [0.1, 0.15) is 0 Å². The predicted octanol–water partition coefficient (Wildman–Crippen LogP) is 2.12.